The van der Waals surface area contributed by atoms with Gasteiger partial charge < -0.3 is 4.74 Å². The minimum Gasteiger partial charge on any atom is -0.497 e. The van der Waals surface area contributed by atoms with Gasteiger partial charge in [0.2, 0.25) is 12.3 Å². The van der Waals surface area contributed by atoms with E-state index in [1.54, 1.807) is 31.4 Å². The van der Waals surface area contributed by atoms with E-state index in [0.717, 1.165) is 12.2 Å². The molecule has 0 atom stereocenters. The van der Waals surface area contributed by atoms with Gasteiger partial charge in [-0.1, -0.05) is 30.3 Å². The number of pyridine rings is 1. The SMILES string of the molecule is COc1ccc(C(=O)C[n+]2ccc(Cc3ccccc3)cc2)cc1. The first kappa shape index (κ1) is 15.9. The number of ether oxygens (including phenoxy) is 1. The summed E-state index contributed by atoms with van der Waals surface area (Å²) in [5.41, 5.74) is 3.20. The van der Waals surface area contributed by atoms with Crippen LogP contribution in [0.2, 0.25) is 0 Å². The van der Waals surface area contributed by atoms with Crippen molar-refractivity contribution in [2.24, 2.45) is 0 Å². The van der Waals surface area contributed by atoms with Crippen LogP contribution in [0.15, 0.2) is 79.1 Å². The quantitative estimate of drug-likeness (QED) is 0.515. The van der Waals surface area contributed by atoms with E-state index >= 15 is 0 Å². The second-order valence-electron chi connectivity index (χ2n) is 5.69. The van der Waals surface area contributed by atoms with Crippen molar-refractivity contribution in [2.75, 3.05) is 7.11 Å². The average molecular weight is 318 g/mol. The zero-order chi connectivity index (χ0) is 16.8. The number of benzene rings is 2. The van der Waals surface area contributed by atoms with Crippen molar-refractivity contribution in [1.29, 1.82) is 0 Å². The lowest BCUT2D eigenvalue weighted by Gasteiger charge is -2.03. The monoisotopic (exact) mass is 318 g/mol. The normalized spacial score (nSPS) is 10.4. The van der Waals surface area contributed by atoms with E-state index in [-0.39, 0.29) is 5.78 Å². The summed E-state index contributed by atoms with van der Waals surface area (Å²) in [6.45, 7) is 0.331. The molecule has 3 heteroatoms. The standard InChI is InChI=1S/C21H20NO2/c1-24-20-9-7-19(8-10-20)21(23)16-22-13-11-18(12-14-22)15-17-5-3-2-4-6-17/h2-14H,15-16H2,1H3/q+1. The van der Waals surface area contributed by atoms with Crippen LogP contribution in [0.3, 0.4) is 0 Å². The van der Waals surface area contributed by atoms with Crippen molar-refractivity contribution < 1.29 is 14.1 Å². The van der Waals surface area contributed by atoms with Crippen LogP contribution in [-0.2, 0) is 13.0 Å². The molecule has 1 aromatic heterocycles. The van der Waals surface area contributed by atoms with E-state index in [1.165, 1.54) is 11.1 Å². The molecule has 0 fully saturated rings. The van der Waals surface area contributed by atoms with Crippen LogP contribution in [0.5, 0.6) is 5.75 Å². The summed E-state index contributed by atoms with van der Waals surface area (Å²) in [6.07, 6.45) is 4.81. The third-order valence-electron chi connectivity index (χ3n) is 3.95. The van der Waals surface area contributed by atoms with Crippen molar-refractivity contribution in [1.82, 2.24) is 0 Å². The molecular weight excluding hydrogens is 298 g/mol. The Morgan fingerprint density at radius 1 is 0.875 bits per heavy atom. The molecule has 0 aliphatic heterocycles. The van der Waals surface area contributed by atoms with Gasteiger partial charge in [-0.3, -0.25) is 4.79 Å². The van der Waals surface area contributed by atoms with Gasteiger partial charge in [-0.25, -0.2) is 0 Å². The fourth-order valence-corrected chi connectivity index (χ4v) is 2.58. The van der Waals surface area contributed by atoms with Crippen molar-refractivity contribution in [2.45, 2.75) is 13.0 Å². The van der Waals surface area contributed by atoms with E-state index < -0.39 is 0 Å². The van der Waals surface area contributed by atoms with E-state index in [2.05, 4.69) is 24.3 Å². The summed E-state index contributed by atoms with van der Waals surface area (Å²) in [5, 5.41) is 0. The Kier molecular flexibility index (Phi) is 5.02. The molecular formula is C21H20NO2+. The Balaban J connectivity index is 1.64. The second-order valence-corrected chi connectivity index (χ2v) is 5.69. The Labute approximate surface area is 142 Å². The van der Waals surface area contributed by atoms with Gasteiger partial charge in [0.25, 0.3) is 0 Å². The van der Waals surface area contributed by atoms with Crippen LogP contribution in [0.25, 0.3) is 0 Å². The third kappa shape index (κ3) is 4.07. The maximum atomic E-state index is 12.3. The van der Waals surface area contributed by atoms with Crippen LogP contribution in [-0.4, -0.2) is 12.9 Å². The highest BCUT2D eigenvalue weighted by Gasteiger charge is 2.12. The number of ketones is 1. The van der Waals surface area contributed by atoms with Crippen molar-refractivity contribution >= 4 is 5.78 Å². The Morgan fingerprint density at radius 3 is 2.12 bits per heavy atom. The predicted octanol–water partition coefficient (Wildman–Crippen LogP) is 3.46. The fourth-order valence-electron chi connectivity index (χ4n) is 2.58. The Bertz CT molecular complexity index is 794. The molecule has 0 amide bonds. The Morgan fingerprint density at radius 2 is 1.50 bits per heavy atom. The molecule has 3 rings (SSSR count). The minimum absolute atomic E-state index is 0.0819. The lowest BCUT2D eigenvalue weighted by Crippen LogP contribution is -2.37. The number of Topliss-reactive ketones (excluding diaryl/α,β-unsaturated/α-hetero) is 1. The molecule has 0 saturated heterocycles. The summed E-state index contributed by atoms with van der Waals surface area (Å²) in [4.78, 5) is 12.3. The summed E-state index contributed by atoms with van der Waals surface area (Å²) < 4.78 is 7.02. The number of carbonyl (C=O) groups excluding carboxylic acids is 1. The van der Waals surface area contributed by atoms with E-state index in [1.807, 2.05) is 35.2 Å². The molecule has 0 spiro atoms. The van der Waals surface area contributed by atoms with Crippen LogP contribution >= 0.6 is 0 Å². The minimum atomic E-state index is 0.0819. The molecule has 0 bridgehead atoms. The lowest BCUT2D eigenvalue weighted by atomic mass is 10.1. The number of hydrogen-bond donors (Lipinski definition) is 0. The van der Waals surface area contributed by atoms with Crippen molar-refractivity contribution in [3.05, 3.63) is 95.8 Å². The first-order chi connectivity index (χ1) is 11.7. The summed E-state index contributed by atoms with van der Waals surface area (Å²) in [7, 11) is 1.61. The molecule has 3 nitrogen and oxygen atoms in total. The molecule has 0 radical (unpaired) electrons. The van der Waals surface area contributed by atoms with Crippen LogP contribution < -0.4 is 9.30 Å². The zero-order valence-corrected chi connectivity index (χ0v) is 13.7. The van der Waals surface area contributed by atoms with Gasteiger partial charge in [-0.2, -0.15) is 4.57 Å². The zero-order valence-electron chi connectivity index (χ0n) is 13.7. The first-order valence-electron chi connectivity index (χ1n) is 7.94. The fraction of sp³-hybridized carbons (Fsp3) is 0.143. The Hall–Kier alpha value is -2.94. The molecule has 0 aliphatic rings. The molecule has 120 valence electrons. The molecule has 0 unspecified atom stereocenters. The molecule has 1 heterocycles. The number of nitrogens with zero attached hydrogens (tertiary/aromatic N) is 1. The molecule has 3 aromatic rings. The molecule has 24 heavy (non-hydrogen) atoms. The number of methoxy groups -OCH3 is 1. The topological polar surface area (TPSA) is 30.2 Å². The highest BCUT2D eigenvalue weighted by molar-refractivity contribution is 5.95. The maximum absolute atomic E-state index is 12.3. The van der Waals surface area contributed by atoms with E-state index in [4.69, 9.17) is 4.74 Å². The first-order valence-corrected chi connectivity index (χ1v) is 7.94. The number of rotatable bonds is 6. The van der Waals surface area contributed by atoms with E-state index in [0.29, 0.717) is 12.1 Å². The molecule has 0 saturated carbocycles. The van der Waals surface area contributed by atoms with Gasteiger partial charge in [0.05, 0.1) is 7.11 Å². The summed E-state index contributed by atoms with van der Waals surface area (Å²) in [5.74, 6) is 0.836. The highest BCUT2D eigenvalue weighted by Crippen LogP contribution is 2.12. The second kappa shape index (κ2) is 7.55. The van der Waals surface area contributed by atoms with Crippen LogP contribution in [0.1, 0.15) is 21.5 Å². The van der Waals surface area contributed by atoms with Gasteiger partial charge in [0.1, 0.15) is 5.75 Å². The number of carbonyl (C=O) groups is 1. The van der Waals surface area contributed by atoms with Gasteiger partial charge in [0.15, 0.2) is 12.4 Å². The molecule has 2 aromatic carbocycles. The lowest BCUT2D eigenvalue weighted by molar-refractivity contribution is -0.683. The molecule has 0 aliphatic carbocycles. The predicted molar refractivity (Wildman–Crippen MR) is 93.2 cm³/mol. The van der Waals surface area contributed by atoms with E-state index in [9.17, 15) is 4.79 Å². The van der Waals surface area contributed by atoms with Crippen LogP contribution in [0, 0.1) is 0 Å². The van der Waals surface area contributed by atoms with Gasteiger partial charge in [0, 0.05) is 17.7 Å². The molecule has 0 N–H and O–H groups in total. The number of aromatic nitrogens is 1. The summed E-state index contributed by atoms with van der Waals surface area (Å²) in [6, 6.07) is 21.7. The average Bonchev–Trinajstić information content (AvgIpc) is 2.64. The van der Waals surface area contributed by atoms with Crippen LogP contribution in [0.4, 0.5) is 0 Å². The third-order valence-corrected chi connectivity index (χ3v) is 3.95. The summed E-state index contributed by atoms with van der Waals surface area (Å²) >= 11 is 0. The van der Waals surface area contributed by atoms with Gasteiger partial charge in [-0.15, -0.1) is 0 Å². The largest absolute Gasteiger partial charge is 0.497 e. The highest BCUT2D eigenvalue weighted by atomic mass is 16.5. The van der Waals surface area contributed by atoms with Crippen molar-refractivity contribution in [3.8, 4) is 5.75 Å². The maximum Gasteiger partial charge on any atom is 0.227 e. The van der Waals surface area contributed by atoms with Gasteiger partial charge >= 0.3 is 0 Å². The smallest absolute Gasteiger partial charge is 0.227 e. The number of hydrogen-bond acceptors (Lipinski definition) is 2. The van der Waals surface area contributed by atoms with Crippen molar-refractivity contribution in [3.63, 3.8) is 0 Å². The van der Waals surface area contributed by atoms with Gasteiger partial charge in [-0.05, 0) is 41.8 Å².